The Morgan fingerprint density at radius 2 is 2.27 bits per heavy atom. The topological polar surface area (TPSA) is 93.5 Å². The van der Waals surface area contributed by atoms with Crippen LogP contribution in [0.2, 0.25) is 0 Å². The smallest absolute Gasteiger partial charge is 0.290 e. The zero-order chi connectivity index (χ0) is 8.69. The van der Waals surface area contributed by atoms with Gasteiger partial charge in [0.05, 0.1) is 6.26 Å². The van der Waals surface area contributed by atoms with E-state index < -0.39 is 5.91 Å². The third-order valence-corrected chi connectivity index (χ3v) is 0.764. The first-order chi connectivity index (χ1) is 5.22. The van der Waals surface area contributed by atoms with Gasteiger partial charge in [0.15, 0.2) is 5.76 Å². The second kappa shape index (κ2) is 5.04. The van der Waals surface area contributed by atoms with Crippen molar-refractivity contribution in [3.05, 3.63) is 24.2 Å². The summed E-state index contributed by atoms with van der Waals surface area (Å²) in [7, 11) is 0. The van der Waals surface area contributed by atoms with Crippen LogP contribution < -0.4 is 5.73 Å². The first-order valence-electron chi connectivity index (χ1n) is 2.63. The molecule has 1 heterocycles. The third-order valence-electron chi connectivity index (χ3n) is 0.764. The van der Waals surface area contributed by atoms with Gasteiger partial charge in [-0.25, -0.2) is 0 Å². The van der Waals surface area contributed by atoms with E-state index in [4.69, 9.17) is 15.6 Å². The summed E-state index contributed by atoms with van der Waals surface area (Å²) in [6, 6.07) is 3.13. The highest BCUT2D eigenvalue weighted by Crippen LogP contribution is 1.96. The summed E-state index contributed by atoms with van der Waals surface area (Å²) in [5, 5.41) is 6.89. The molecule has 1 aromatic rings. The molecule has 0 unspecified atom stereocenters. The number of amides is 1. The largest absolute Gasteiger partial charge is 0.483 e. The number of furan rings is 1. The fourth-order valence-corrected chi connectivity index (χ4v) is 0.419. The van der Waals surface area contributed by atoms with Crippen molar-refractivity contribution in [2.75, 3.05) is 0 Å². The maximum atomic E-state index is 10.2. The number of carbonyl (C=O) groups is 2. The van der Waals surface area contributed by atoms with Gasteiger partial charge in [-0.2, -0.15) is 0 Å². The van der Waals surface area contributed by atoms with Gasteiger partial charge < -0.3 is 15.3 Å². The molecule has 60 valence electrons. The Morgan fingerprint density at radius 1 is 1.73 bits per heavy atom. The molecule has 1 aromatic heterocycles. The number of primary amides is 1. The minimum Gasteiger partial charge on any atom is -0.483 e. The first-order valence-corrected chi connectivity index (χ1v) is 2.63. The molecule has 0 spiro atoms. The van der Waals surface area contributed by atoms with Crippen LogP contribution in [0.3, 0.4) is 0 Å². The molecule has 1 rings (SSSR count). The molecule has 0 bridgehead atoms. The molecule has 0 atom stereocenters. The summed E-state index contributed by atoms with van der Waals surface area (Å²) >= 11 is 0. The summed E-state index contributed by atoms with van der Waals surface area (Å²) in [5.41, 5.74) is 4.83. The standard InChI is InChI=1S/C5H5NO2.CH2O2/c6-5(7)4-2-1-3-8-4;2-1-3/h1-3H,(H2,6,7);1H,(H,2,3). The Bertz CT molecular complexity index is 216. The molecule has 5 nitrogen and oxygen atoms in total. The van der Waals surface area contributed by atoms with Crippen LogP contribution in [-0.2, 0) is 4.79 Å². The van der Waals surface area contributed by atoms with Gasteiger partial charge in [0, 0.05) is 0 Å². The van der Waals surface area contributed by atoms with Crippen molar-refractivity contribution in [2.24, 2.45) is 5.73 Å². The predicted octanol–water partition coefficient (Wildman–Crippen LogP) is 0.0793. The van der Waals surface area contributed by atoms with Crippen LogP contribution in [0.5, 0.6) is 0 Å². The quantitative estimate of drug-likeness (QED) is 0.564. The molecule has 0 saturated carbocycles. The van der Waals surface area contributed by atoms with Crippen molar-refractivity contribution in [2.45, 2.75) is 0 Å². The Kier molecular flexibility index (Phi) is 4.22. The van der Waals surface area contributed by atoms with Crippen molar-refractivity contribution in [1.29, 1.82) is 0 Å². The summed E-state index contributed by atoms with van der Waals surface area (Å²) in [6.45, 7) is -0.250. The van der Waals surface area contributed by atoms with Crippen LogP contribution in [0.4, 0.5) is 0 Å². The van der Waals surface area contributed by atoms with Crippen molar-refractivity contribution >= 4 is 12.4 Å². The number of nitrogens with two attached hydrogens (primary N) is 1. The SMILES string of the molecule is NC(=O)c1ccco1.O=CO. The van der Waals surface area contributed by atoms with Crippen molar-refractivity contribution in [1.82, 2.24) is 0 Å². The van der Waals surface area contributed by atoms with E-state index in [0.717, 1.165) is 0 Å². The highest BCUT2D eigenvalue weighted by Gasteiger charge is 1.98. The van der Waals surface area contributed by atoms with Crippen LogP contribution in [0, 0.1) is 0 Å². The number of hydrogen-bond acceptors (Lipinski definition) is 3. The van der Waals surface area contributed by atoms with E-state index >= 15 is 0 Å². The van der Waals surface area contributed by atoms with Gasteiger partial charge in [-0.1, -0.05) is 0 Å². The molecular weight excluding hydrogens is 150 g/mol. The Morgan fingerprint density at radius 3 is 2.45 bits per heavy atom. The first kappa shape index (κ1) is 9.22. The van der Waals surface area contributed by atoms with Gasteiger partial charge in [0.1, 0.15) is 0 Å². The molecule has 0 fully saturated rings. The molecule has 5 heteroatoms. The van der Waals surface area contributed by atoms with E-state index in [1.807, 2.05) is 0 Å². The maximum absolute atomic E-state index is 10.2. The van der Waals surface area contributed by atoms with Crippen LogP contribution in [0.15, 0.2) is 22.8 Å². The minimum absolute atomic E-state index is 0.199. The summed E-state index contributed by atoms with van der Waals surface area (Å²) in [6.07, 6.45) is 1.40. The lowest BCUT2D eigenvalue weighted by Crippen LogP contribution is -2.08. The zero-order valence-electron chi connectivity index (χ0n) is 5.56. The lowest BCUT2D eigenvalue weighted by Gasteiger charge is -1.80. The molecule has 11 heavy (non-hydrogen) atoms. The summed E-state index contributed by atoms with van der Waals surface area (Å²) in [5.74, 6) is -0.333. The van der Waals surface area contributed by atoms with Crippen LogP contribution >= 0.6 is 0 Å². The lowest BCUT2D eigenvalue weighted by atomic mass is 10.4. The second-order valence-corrected chi connectivity index (χ2v) is 1.45. The molecule has 0 aromatic carbocycles. The fourth-order valence-electron chi connectivity index (χ4n) is 0.419. The van der Waals surface area contributed by atoms with E-state index in [1.54, 1.807) is 6.07 Å². The van der Waals surface area contributed by atoms with E-state index in [9.17, 15) is 4.79 Å². The molecule has 0 aliphatic heterocycles. The predicted molar refractivity (Wildman–Crippen MR) is 35.9 cm³/mol. The van der Waals surface area contributed by atoms with Gasteiger partial charge in [0.2, 0.25) is 0 Å². The fraction of sp³-hybridized carbons (Fsp3) is 0. The Balaban J connectivity index is 0.000000292. The van der Waals surface area contributed by atoms with E-state index in [1.165, 1.54) is 12.3 Å². The van der Waals surface area contributed by atoms with E-state index in [-0.39, 0.29) is 12.2 Å². The molecule has 0 saturated heterocycles. The van der Waals surface area contributed by atoms with Crippen molar-refractivity contribution in [3.63, 3.8) is 0 Å². The summed E-state index contributed by atoms with van der Waals surface area (Å²) < 4.78 is 4.62. The number of carbonyl (C=O) groups excluding carboxylic acids is 1. The van der Waals surface area contributed by atoms with Crippen LogP contribution in [-0.4, -0.2) is 17.5 Å². The van der Waals surface area contributed by atoms with Crippen molar-refractivity contribution < 1.29 is 19.1 Å². The van der Waals surface area contributed by atoms with Crippen molar-refractivity contribution in [3.8, 4) is 0 Å². The normalized spacial score (nSPS) is 7.64. The molecule has 0 aliphatic carbocycles. The minimum atomic E-state index is -0.532. The van der Waals surface area contributed by atoms with E-state index in [2.05, 4.69) is 4.42 Å². The van der Waals surface area contributed by atoms with Gasteiger partial charge in [-0.3, -0.25) is 9.59 Å². The van der Waals surface area contributed by atoms with Crippen LogP contribution in [0.1, 0.15) is 10.6 Å². The van der Waals surface area contributed by atoms with Gasteiger partial charge in [0.25, 0.3) is 12.4 Å². The highest BCUT2D eigenvalue weighted by atomic mass is 16.3. The third kappa shape index (κ3) is 3.74. The highest BCUT2D eigenvalue weighted by molar-refractivity contribution is 5.89. The Hall–Kier alpha value is -1.78. The van der Waals surface area contributed by atoms with E-state index in [0.29, 0.717) is 0 Å². The van der Waals surface area contributed by atoms with Crippen LogP contribution in [0.25, 0.3) is 0 Å². The lowest BCUT2D eigenvalue weighted by molar-refractivity contribution is -0.122. The monoisotopic (exact) mass is 157 g/mol. The average Bonchev–Trinajstić information content (AvgIpc) is 2.38. The molecule has 0 radical (unpaired) electrons. The number of hydrogen-bond donors (Lipinski definition) is 2. The zero-order valence-corrected chi connectivity index (χ0v) is 5.56. The molecular formula is C6H7NO4. The molecule has 0 aliphatic rings. The number of rotatable bonds is 1. The van der Waals surface area contributed by atoms with Gasteiger partial charge >= 0.3 is 0 Å². The molecule has 3 N–H and O–H groups in total. The maximum Gasteiger partial charge on any atom is 0.290 e. The summed E-state index contributed by atoms with van der Waals surface area (Å²) in [4.78, 5) is 18.6. The Labute approximate surface area is 62.4 Å². The molecule has 1 amide bonds. The van der Waals surface area contributed by atoms with Gasteiger partial charge in [-0.05, 0) is 12.1 Å². The second-order valence-electron chi connectivity index (χ2n) is 1.45. The average molecular weight is 157 g/mol. The van der Waals surface area contributed by atoms with Gasteiger partial charge in [-0.15, -0.1) is 0 Å². The number of carboxylic acid groups (broad SMARTS) is 1.